The SMILES string of the molecule is Cc1cc(C(F)(F)F)nn1CC(=O)Nc1c(C(N)=O)sc2nc(C(F)(F)F)cc(-c3ccccc3)c12. The van der Waals surface area contributed by atoms with Crippen molar-refractivity contribution in [2.75, 3.05) is 5.32 Å². The third kappa shape index (κ3) is 4.89. The van der Waals surface area contributed by atoms with Crippen LogP contribution in [0.5, 0.6) is 0 Å². The quantitative estimate of drug-likeness (QED) is 0.347. The predicted molar refractivity (Wildman–Crippen MR) is 119 cm³/mol. The zero-order chi connectivity index (χ0) is 26.4. The Bertz CT molecular complexity index is 1470. The number of primary amides is 1. The molecule has 0 atom stereocenters. The van der Waals surface area contributed by atoms with Gasteiger partial charge in [-0.05, 0) is 30.2 Å². The zero-order valence-corrected chi connectivity index (χ0v) is 19.0. The topological polar surface area (TPSA) is 103 Å². The second-order valence-corrected chi connectivity index (χ2v) is 8.64. The maximum absolute atomic E-state index is 13.5. The normalized spacial score (nSPS) is 12.2. The van der Waals surface area contributed by atoms with Crippen LogP contribution in [0, 0.1) is 6.92 Å². The van der Waals surface area contributed by atoms with E-state index in [9.17, 15) is 35.9 Å². The molecule has 0 unspecified atom stereocenters. The molecule has 4 rings (SSSR count). The van der Waals surface area contributed by atoms with Gasteiger partial charge in [0.05, 0.1) is 5.69 Å². The number of hydrogen-bond acceptors (Lipinski definition) is 5. The maximum atomic E-state index is 13.5. The standard InChI is InChI=1S/C22H15F6N5O2S/c1-10-7-14(22(26,27)28)32-33(10)9-15(34)31-17-16-12(11-5-3-2-4-6-11)8-13(21(23,24)25)30-20(16)36-18(17)19(29)35/h2-8H,9H2,1H3,(H2,29,35)(H,31,34). The number of fused-ring (bicyclic) bond motifs is 1. The molecule has 0 fully saturated rings. The first-order valence-electron chi connectivity index (χ1n) is 10.1. The van der Waals surface area contributed by atoms with Crippen molar-refractivity contribution in [3.05, 3.63) is 64.4 Å². The number of amides is 2. The van der Waals surface area contributed by atoms with Gasteiger partial charge in [-0.3, -0.25) is 14.3 Å². The molecule has 3 aromatic heterocycles. The first-order chi connectivity index (χ1) is 16.8. The molecule has 0 spiro atoms. The molecule has 0 aliphatic rings. The van der Waals surface area contributed by atoms with Gasteiger partial charge in [-0.1, -0.05) is 30.3 Å². The number of rotatable bonds is 5. The maximum Gasteiger partial charge on any atom is 0.435 e. The number of pyridine rings is 1. The lowest BCUT2D eigenvalue weighted by Gasteiger charge is -2.12. The number of halogens is 6. The largest absolute Gasteiger partial charge is 0.435 e. The molecule has 3 heterocycles. The van der Waals surface area contributed by atoms with Crippen LogP contribution in [0.4, 0.5) is 32.0 Å². The minimum atomic E-state index is -4.80. The lowest BCUT2D eigenvalue weighted by molar-refractivity contribution is -0.142. The fourth-order valence-corrected chi connectivity index (χ4v) is 4.51. The highest BCUT2D eigenvalue weighted by Gasteiger charge is 2.36. The van der Waals surface area contributed by atoms with Crippen molar-refractivity contribution in [2.24, 2.45) is 5.73 Å². The van der Waals surface area contributed by atoms with Gasteiger partial charge in [0.25, 0.3) is 5.91 Å². The van der Waals surface area contributed by atoms with Gasteiger partial charge in [0, 0.05) is 11.1 Å². The molecule has 2 amide bonds. The average Bonchev–Trinajstić information content (AvgIpc) is 3.34. The molecule has 0 aliphatic carbocycles. The Kier molecular flexibility index (Phi) is 6.24. The summed E-state index contributed by atoms with van der Waals surface area (Å²) in [6, 6.07) is 9.46. The smallest absolute Gasteiger partial charge is 0.365 e. The number of hydrogen-bond donors (Lipinski definition) is 2. The molecule has 0 aliphatic heterocycles. The number of aryl methyl sites for hydroxylation is 1. The van der Waals surface area contributed by atoms with Gasteiger partial charge in [-0.15, -0.1) is 11.3 Å². The molecule has 7 nitrogen and oxygen atoms in total. The fraction of sp³-hybridized carbons (Fsp3) is 0.182. The van der Waals surface area contributed by atoms with Crippen molar-refractivity contribution < 1.29 is 35.9 Å². The van der Waals surface area contributed by atoms with Crippen molar-refractivity contribution in [3.8, 4) is 11.1 Å². The van der Waals surface area contributed by atoms with E-state index in [-0.39, 0.29) is 32.0 Å². The van der Waals surface area contributed by atoms with Crippen LogP contribution in [0.3, 0.4) is 0 Å². The average molecular weight is 527 g/mol. The number of aromatic nitrogens is 3. The van der Waals surface area contributed by atoms with E-state index >= 15 is 0 Å². The summed E-state index contributed by atoms with van der Waals surface area (Å²) in [7, 11) is 0. The summed E-state index contributed by atoms with van der Waals surface area (Å²) in [5, 5.41) is 5.83. The lowest BCUT2D eigenvalue weighted by atomic mass is 10.0. The Labute approximate surface area is 202 Å². The Morgan fingerprint density at radius 2 is 1.67 bits per heavy atom. The Balaban J connectivity index is 1.83. The summed E-state index contributed by atoms with van der Waals surface area (Å²) in [5.74, 6) is -1.91. The monoisotopic (exact) mass is 527 g/mol. The van der Waals surface area contributed by atoms with E-state index in [1.165, 1.54) is 19.1 Å². The van der Waals surface area contributed by atoms with E-state index in [1.54, 1.807) is 18.2 Å². The van der Waals surface area contributed by atoms with Crippen LogP contribution in [0.1, 0.15) is 26.8 Å². The molecule has 188 valence electrons. The number of nitrogens with zero attached hydrogens (tertiary/aromatic N) is 3. The molecule has 0 bridgehead atoms. The predicted octanol–water partition coefficient (Wildman–Crippen LogP) is 5.24. The minimum Gasteiger partial charge on any atom is -0.365 e. The summed E-state index contributed by atoms with van der Waals surface area (Å²) in [6.45, 7) is 0.659. The van der Waals surface area contributed by atoms with Gasteiger partial charge in [0.1, 0.15) is 21.9 Å². The van der Waals surface area contributed by atoms with E-state index in [2.05, 4.69) is 15.4 Å². The van der Waals surface area contributed by atoms with Crippen LogP contribution in [0.25, 0.3) is 21.3 Å². The van der Waals surface area contributed by atoms with Gasteiger partial charge < -0.3 is 11.1 Å². The first-order valence-corrected chi connectivity index (χ1v) is 10.9. The van der Waals surface area contributed by atoms with E-state index in [1.807, 2.05) is 0 Å². The second kappa shape index (κ2) is 8.93. The fourth-order valence-electron chi connectivity index (χ4n) is 3.51. The molecule has 36 heavy (non-hydrogen) atoms. The number of anilines is 1. The van der Waals surface area contributed by atoms with Crippen molar-refractivity contribution >= 4 is 39.1 Å². The molecule has 0 saturated heterocycles. The van der Waals surface area contributed by atoms with Gasteiger partial charge in [0.2, 0.25) is 5.91 Å². The van der Waals surface area contributed by atoms with Crippen LogP contribution < -0.4 is 11.1 Å². The van der Waals surface area contributed by atoms with Gasteiger partial charge in [0.15, 0.2) is 5.69 Å². The summed E-state index contributed by atoms with van der Waals surface area (Å²) in [5.41, 5.74) is 3.25. The molecular weight excluding hydrogens is 512 g/mol. The number of benzene rings is 1. The number of alkyl halides is 6. The Morgan fingerprint density at radius 3 is 2.22 bits per heavy atom. The van der Waals surface area contributed by atoms with E-state index in [0.717, 1.165) is 16.8 Å². The van der Waals surface area contributed by atoms with Crippen LogP contribution in [-0.4, -0.2) is 26.6 Å². The van der Waals surface area contributed by atoms with Crippen molar-refractivity contribution in [1.29, 1.82) is 0 Å². The zero-order valence-electron chi connectivity index (χ0n) is 18.2. The second-order valence-electron chi connectivity index (χ2n) is 7.64. The Morgan fingerprint density at radius 1 is 1.03 bits per heavy atom. The van der Waals surface area contributed by atoms with Crippen LogP contribution in [-0.2, 0) is 23.7 Å². The number of carbonyl (C=O) groups excluding carboxylic acids is 2. The minimum absolute atomic E-state index is 0.0293. The van der Waals surface area contributed by atoms with E-state index in [4.69, 9.17) is 5.73 Å². The van der Waals surface area contributed by atoms with E-state index in [0.29, 0.717) is 16.9 Å². The molecule has 0 saturated carbocycles. The molecule has 14 heteroatoms. The van der Waals surface area contributed by atoms with Crippen molar-refractivity contribution in [3.63, 3.8) is 0 Å². The first kappa shape index (κ1) is 25.2. The summed E-state index contributed by atoms with van der Waals surface area (Å²) < 4.78 is 80.3. The van der Waals surface area contributed by atoms with Gasteiger partial charge >= 0.3 is 12.4 Å². The van der Waals surface area contributed by atoms with Crippen LogP contribution in [0.2, 0.25) is 0 Å². The summed E-state index contributed by atoms with van der Waals surface area (Å²) in [6.07, 6.45) is -9.52. The molecular formula is C22H15F6N5O2S. The lowest BCUT2D eigenvalue weighted by Crippen LogP contribution is -2.22. The summed E-state index contributed by atoms with van der Waals surface area (Å²) in [4.78, 5) is 28.0. The molecule has 4 aromatic rings. The number of thiophene rings is 1. The third-order valence-corrected chi connectivity index (χ3v) is 6.19. The number of carbonyl (C=O) groups is 2. The number of nitrogens with one attached hydrogen (secondary N) is 1. The van der Waals surface area contributed by atoms with Gasteiger partial charge in [-0.2, -0.15) is 31.4 Å². The van der Waals surface area contributed by atoms with Crippen LogP contribution >= 0.6 is 11.3 Å². The summed E-state index contributed by atoms with van der Waals surface area (Å²) >= 11 is 0.558. The molecule has 1 aromatic carbocycles. The van der Waals surface area contributed by atoms with Crippen molar-refractivity contribution in [1.82, 2.24) is 14.8 Å². The molecule has 3 N–H and O–H groups in total. The highest BCUT2D eigenvalue weighted by molar-refractivity contribution is 7.21. The number of nitrogens with two attached hydrogens (primary N) is 1. The van der Waals surface area contributed by atoms with Crippen molar-refractivity contribution in [2.45, 2.75) is 25.8 Å². The van der Waals surface area contributed by atoms with Crippen LogP contribution in [0.15, 0.2) is 42.5 Å². The van der Waals surface area contributed by atoms with E-state index < -0.39 is 42.1 Å². The molecule has 0 radical (unpaired) electrons. The van der Waals surface area contributed by atoms with Gasteiger partial charge in [-0.25, -0.2) is 4.98 Å². The Hall–Kier alpha value is -3.94. The highest BCUT2D eigenvalue weighted by atomic mass is 32.1. The highest BCUT2D eigenvalue weighted by Crippen LogP contribution is 2.43. The third-order valence-electron chi connectivity index (χ3n) is 5.09.